The molecule has 0 atom stereocenters. The molecular weight excluding hydrogens is 244 g/mol. The van der Waals surface area contributed by atoms with Gasteiger partial charge in [-0.2, -0.15) is 0 Å². The van der Waals surface area contributed by atoms with E-state index in [1.165, 1.54) is 0 Å². The van der Waals surface area contributed by atoms with Crippen molar-refractivity contribution in [3.63, 3.8) is 0 Å². The van der Waals surface area contributed by atoms with Gasteiger partial charge < -0.3 is 15.1 Å². The van der Waals surface area contributed by atoms with Crippen LogP contribution in [0.3, 0.4) is 0 Å². The topological polar surface area (TPSA) is 71.3 Å². The highest BCUT2D eigenvalue weighted by Crippen LogP contribution is 2.28. The van der Waals surface area contributed by atoms with Crippen molar-refractivity contribution in [3.8, 4) is 0 Å². The minimum atomic E-state index is -0.558. The van der Waals surface area contributed by atoms with Crippen molar-refractivity contribution in [1.82, 2.24) is 0 Å². The third-order valence-electron chi connectivity index (χ3n) is 2.84. The SMILES string of the molecule is CNc1c(NC(=O)C(C)C)c(=O)oc2ccccc12. The zero-order valence-corrected chi connectivity index (χ0v) is 11.1. The zero-order chi connectivity index (χ0) is 14.0. The van der Waals surface area contributed by atoms with Gasteiger partial charge in [0.25, 0.3) is 0 Å². The summed E-state index contributed by atoms with van der Waals surface area (Å²) in [7, 11) is 1.70. The van der Waals surface area contributed by atoms with Crippen LogP contribution in [0.4, 0.5) is 11.4 Å². The second kappa shape index (κ2) is 5.14. The number of amides is 1. The molecule has 1 aromatic carbocycles. The molecule has 2 aromatic rings. The quantitative estimate of drug-likeness (QED) is 0.831. The molecule has 1 aromatic heterocycles. The lowest BCUT2D eigenvalue weighted by molar-refractivity contribution is -0.118. The molecule has 0 unspecified atom stereocenters. The number of fused-ring (bicyclic) bond motifs is 1. The van der Waals surface area contributed by atoms with Gasteiger partial charge in [0.2, 0.25) is 5.91 Å². The largest absolute Gasteiger partial charge is 0.421 e. The molecule has 0 bridgehead atoms. The first-order valence-corrected chi connectivity index (χ1v) is 6.09. The van der Waals surface area contributed by atoms with Crippen molar-refractivity contribution in [2.24, 2.45) is 5.92 Å². The Morgan fingerprint density at radius 1 is 1.21 bits per heavy atom. The van der Waals surface area contributed by atoms with Crippen molar-refractivity contribution >= 4 is 28.3 Å². The molecule has 2 N–H and O–H groups in total. The van der Waals surface area contributed by atoms with Crippen molar-refractivity contribution < 1.29 is 9.21 Å². The van der Waals surface area contributed by atoms with E-state index in [9.17, 15) is 9.59 Å². The summed E-state index contributed by atoms with van der Waals surface area (Å²) in [6.07, 6.45) is 0. The smallest absolute Gasteiger partial charge is 0.362 e. The van der Waals surface area contributed by atoms with Gasteiger partial charge in [0.1, 0.15) is 5.58 Å². The molecule has 0 aliphatic carbocycles. The molecule has 0 aliphatic rings. The highest BCUT2D eigenvalue weighted by molar-refractivity contribution is 6.02. The Balaban J connectivity index is 2.63. The van der Waals surface area contributed by atoms with Crippen LogP contribution in [-0.2, 0) is 4.79 Å². The van der Waals surface area contributed by atoms with Gasteiger partial charge >= 0.3 is 5.63 Å². The molecule has 0 radical (unpaired) electrons. The van der Waals surface area contributed by atoms with E-state index in [0.29, 0.717) is 11.3 Å². The van der Waals surface area contributed by atoms with Crippen molar-refractivity contribution in [2.75, 3.05) is 17.7 Å². The van der Waals surface area contributed by atoms with E-state index in [1.54, 1.807) is 33.0 Å². The lowest BCUT2D eigenvalue weighted by Gasteiger charge is -2.12. The third kappa shape index (κ3) is 2.45. The first-order chi connectivity index (χ1) is 9.04. The van der Waals surface area contributed by atoms with Crippen LogP contribution in [0.5, 0.6) is 0 Å². The highest BCUT2D eigenvalue weighted by atomic mass is 16.4. The molecule has 1 heterocycles. The maximum absolute atomic E-state index is 11.9. The van der Waals surface area contributed by atoms with Crippen molar-refractivity contribution in [1.29, 1.82) is 0 Å². The van der Waals surface area contributed by atoms with Gasteiger partial charge in [-0.05, 0) is 12.1 Å². The van der Waals surface area contributed by atoms with Crippen LogP contribution in [0.15, 0.2) is 33.5 Å². The van der Waals surface area contributed by atoms with E-state index < -0.39 is 5.63 Å². The van der Waals surface area contributed by atoms with Crippen LogP contribution in [0.2, 0.25) is 0 Å². The maximum atomic E-state index is 11.9. The molecule has 2 rings (SSSR count). The van der Waals surface area contributed by atoms with Crippen LogP contribution in [0, 0.1) is 5.92 Å². The normalized spacial score (nSPS) is 10.7. The Morgan fingerprint density at radius 2 is 1.89 bits per heavy atom. The van der Waals surface area contributed by atoms with Crippen LogP contribution >= 0.6 is 0 Å². The second-order valence-electron chi connectivity index (χ2n) is 4.53. The average molecular weight is 260 g/mol. The number of nitrogens with one attached hydrogen (secondary N) is 2. The molecular formula is C14H16N2O3. The molecule has 0 fully saturated rings. The van der Waals surface area contributed by atoms with Gasteiger partial charge in [0.15, 0.2) is 5.69 Å². The van der Waals surface area contributed by atoms with Crippen LogP contribution in [-0.4, -0.2) is 13.0 Å². The van der Waals surface area contributed by atoms with Gasteiger partial charge in [0.05, 0.1) is 5.69 Å². The fraction of sp³-hybridized carbons (Fsp3) is 0.286. The van der Waals surface area contributed by atoms with Crippen molar-refractivity contribution in [3.05, 3.63) is 34.7 Å². The minimum absolute atomic E-state index is 0.153. The summed E-state index contributed by atoms with van der Waals surface area (Å²) in [5.41, 5.74) is 0.650. The molecule has 0 spiro atoms. The predicted molar refractivity (Wildman–Crippen MR) is 75.5 cm³/mol. The fourth-order valence-corrected chi connectivity index (χ4v) is 1.79. The highest BCUT2D eigenvalue weighted by Gasteiger charge is 2.17. The first-order valence-electron chi connectivity index (χ1n) is 6.09. The Labute approximate surface area is 110 Å². The minimum Gasteiger partial charge on any atom is -0.421 e. The number of hydrogen-bond donors (Lipinski definition) is 2. The molecule has 0 aliphatic heterocycles. The number of carbonyl (C=O) groups is 1. The Morgan fingerprint density at radius 3 is 2.53 bits per heavy atom. The summed E-state index contributed by atoms with van der Waals surface area (Å²) in [4.78, 5) is 23.7. The molecule has 1 amide bonds. The monoisotopic (exact) mass is 260 g/mol. The average Bonchev–Trinajstić information content (AvgIpc) is 2.39. The summed E-state index contributed by atoms with van der Waals surface area (Å²) in [6, 6.07) is 7.18. The van der Waals surface area contributed by atoms with E-state index >= 15 is 0 Å². The molecule has 100 valence electrons. The van der Waals surface area contributed by atoms with Gasteiger partial charge in [0, 0.05) is 18.4 Å². The van der Waals surface area contributed by atoms with Gasteiger partial charge in [-0.15, -0.1) is 0 Å². The van der Waals surface area contributed by atoms with E-state index in [2.05, 4.69) is 10.6 Å². The summed E-state index contributed by atoms with van der Waals surface area (Å²) in [5.74, 6) is -0.436. The number of anilines is 2. The Hall–Kier alpha value is -2.30. The van der Waals surface area contributed by atoms with Gasteiger partial charge in [-0.1, -0.05) is 26.0 Å². The Kier molecular flexibility index (Phi) is 3.55. The first kappa shape index (κ1) is 13.1. The fourth-order valence-electron chi connectivity index (χ4n) is 1.79. The number of carbonyl (C=O) groups excluding carboxylic acids is 1. The number of benzene rings is 1. The zero-order valence-electron chi connectivity index (χ0n) is 11.1. The van der Waals surface area contributed by atoms with E-state index in [-0.39, 0.29) is 17.5 Å². The Bertz CT molecular complexity index is 674. The number of hydrogen-bond acceptors (Lipinski definition) is 4. The van der Waals surface area contributed by atoms with E-state index in [1.807, 2.05) is 12.1 Å². The lowest BCUT2D eigenvalue weighted by Crippen LogP contribution is -2.23. The molecule has 5 nitrogen and oxygen atoms in total. The molecule has 19 heavy (non-hydrogen) atoms. The van der Waals surface area contributed by atoms with Gasteiger partial charge in [-0.3, -0.25) is 4.79 Å². The standard InChI is InChI=1S/C14H16N2O3/c1-8(2)13(17)16-12-11(15-3)9-6-4-5-7-10(9)19-14(12)18/h4-8,15H,1-3H3,(H,16,17). The molecule has 5 heteroatoms. The second-order valence-corrected chi connectivity index (χ2v) is 4.53. The van der Waals surface area contributed by atoms with Gasteiger partial charge in [-0.25, -0.2) is 4.79 Å². The summed E-state index contributed by atoms with van der Waals surface area (Å²) >= 11 is 0. The maximum Gasteiger partial charge on any atom is 0.362 e. The van der Waals surface area contributed by atoms with Crippen LogP contribution in [0.25, 0.3) is 11.0 Å². The van der Waals surface area contributed by atoms with E-state index in [0.717, 1.165) is 5.39 Å². The van der Waals surface area contributed by atoms with Crippen molar-refractivity contribution in [2.45, 2.75) is 13.8 Å². The van der Waals surface area contributed by atoms with Crippen LogP contribution in [0.1, 0.15) is 13.8 Å². The number of rotatable bonds is 3. The van der Waals surface area contributed by atoms with Crippen LogP contribution < -0.4 is 16.3 Å². The van der Waals surface area contributed by atoms with E-state index in [4.69, 9.17) is 4.42 Å². The lowest BCUT2D eigenvalue weighted by atomic mass is 10.1. The molecule has 0 saturated carbocycles. The summed E-state index contributed by atoms with van der Waals surface area (Å²) < 4.78 is 5.21. The predicted octanol–water partition coefficient (Wildman–Crippen LogP) is 2.43. The number of para-hydroxylation sites is 1. The summed E-state index contributed by atoms with van der Waals surface area (Å²) in [5, 5.41) is 6.32. The molecule has 0 saturated heterocycles. The summed E-state index contributed by atoms with van der Waals surface area (Å²) in [6.45, 7) is 3.52. The third-order valence-corrected chi connectivity index (χ3v) is 2.84.